The number of nitrogens with zero attached hydrogens (tertiary/aromatic N) is 4. The first-order valence-electron chi connectivity index (χ1n) is 10.5. The van der Waals surface area contributed by atoms with E-state index in [1.807, 2.05) is 6.92 Å². The standard InChI is InChI=1S/C21H29N5O6/c1-14(17-23-24-18(31-17)15-5-7-16(8-6-15)26(29)30)25-11-9-21(13-27,10-12-25)22-19(28)32-20(2,3)4/h5-8,14,27H,9-13H2,1-4H3,(H,22,28). The first-order chi connectivity index (χ1) is 15.0. The zero-order chi connectivity index (χ0) is 23.5. The molecule has 1 fully saturated rings. The molecule has 1 amide bonds. The number of carbonyl (C=O) groups excluding carboxylic acids is 1. The second kappa shape index (κ2) is 9.21. The molecule has 0 bridgehead atoms. The van der Waals surface area contributed by atoms with Gasteiger partial charge in [0.05, 0.1) is 23.1 Å². The van der Waals surface area contributed by atoms with E-state index in [0.29, 0.717) is 37.4 Å². The number of hydrogen-bond acceptors (Lipinski definition) is 9. The molecule has 1 atom stereocenters. The Kier molecular flexibility index (Phi) is 6.79. The van der Waals surface area contributed by atoms with Crippen LogP contribution in [-0.2, 0) is 4.74 Å². The molecule has 1 unspecified atom stereocenters. The third kappa shape index (κ3) is 5.60. The third-order valence-electron chi connectivity index (χ3n) is 5.49. The molecular formula is C21H29N5O6. The summed E-state index contributed by atoms with van der Waals surface area (Å²) in [6.45, 7) is 8.34. The molecular weight excluding hydrogens is 418 g/mol. The highest BCUT2D eigenvalue weighted by Crippen LogP contribution is 2.30. The van der Waals surface area contributed by atoms with Crippen molar-refractivity contribution in [2.45, 2.75) is 57.7 Å². The summed E-state index contributed by atoms with van der Waals surface area (Å²) in [4.78, 5) is 24.7. The quantitative estimate of drug-likeness (QED) is 0.504. The molecule has 1 saturated heterocycles. The second-order valence-corrected chi connectivity index (χ2v) is 9.03. The lowest BCUT2D eigenvalue weighted by atomic mass is 9.88. The van der Waals surface area contributed by atoms with Crippen LogP contribution in [0.25, 0.3) is 11.5 Å². The Bertz CT molecular complexity index is 944. The SMILES string of the molecule is CC(c1nnc(-c2ccc([N+](=O)[O-])cc2)o1)N1CCC(CO)(NC(=O)OC(C)(C)C)CC1. The van der Waals surface area contributed by atoms with Crippen molar-refractivity contribution >= 4 is 11.8 Å². The molecule has 0 spiro atoms. The molecule has 174 valence electrons. The molecule has 32 heavy (non-hydrogen) atoms. The fourth-order valence-corrected chi connectivity index (χ4v) is 3.58. The van der Waals surface area contributed by atoms with Crippen LogP contribution in [0.15, 0.2) is 28.7 Å². The van der Waals surface area contributed by atoms with E-state index in [-0.39, 0.29) is 24.2 Å². The summed E-state index contributed by atoms with van der Waals surface area (Å²) in [5.41, 5.74) is -0.768. The number of aliphatic hydroxyl groups excluding tert-OH is 1. The van der Waals surface area contributed by atoms with Gasteiger partial charge in [-0.05, 0) is 52.7 Å². The van der Waals surface area contributed by atoms with Gasteiger partial charge in [-0.3, -0.25) is 15.0 Å². The number of piperidine rings is 1. The zero-order valence-electron chi connectivity index (χ0n) is 18.7. The smallest absolute Gasteiger partial charge is 0.408 e. The number of ether oxygens (including phenoxy) is 1. The number of non-ortho nitro benzene ring substituents is 1. The largest absolute Gasteiger partial charge is 0.444 e. The summed E-state index contributed by atoms with van der Waals surface area (Å²) >= 11 is 0. The molecule has 1 aliphatic rings. The Morgan fingerprint density at radius 3 is 2.47 bits per heavy atom. The van der Waals surface area contributed by atoms with Gasteiger partial charge < -0.3 is 19.6 Å². The molecule has 0 radical (unpaired) electrons. The van der Waals surface area contributed by atoms with Gasteiger partial charge in [-0.15, -0.1) is 10.2 Å². The minimum atomic E-state index is -0.739. The number of nitrogens with one attached hydrogen (secondary N) is 1. The van der Waals surface area contributed by atoms with Gasteiger partial charge in [0.15, 0.2) is 0 Å². The molecule has 0 aliphatic carbocycles. The summed E-state index contributed by atoms with van der Waals surface area (Å²) in [6.07, 6.45) is 0.532. The van der Waals surface area contributed by atoms with E-state index >= 15 is 0 Å². The van der Waals surface area contributed by atoms with Gasteiger partial charge in [0.25, 0.3) is 5.69 Å². The van der Waals surface area contributed by atoms with Crippen molar-refractivity contribution in [3.63, 3.8) is 0 Å². The molecule has 11 heteroatoms. The fraction of sp³-hybridized carbons (Fsp3) is 0.571. The Hall–Kier alpha value is -3.05. The maximum atomic E-state index is 12.2. The minimum Gasteiger partial charge on any atom is -0.444 e. The molecule has 2 N–H and O–H groups in total. The number of aromatic nitrogens is 2. The van der Waals surface area contributed by atoms with Crippen LogP contribution in [0, 0.1) is 10.1 Å². The van der Waals surface area contributed by atoms with Crippen LogP contribution >= 0.6 is 0 Å². The van der Waals surface area contributed by atoms with E-state index in [4.69, 9.17) is 9.15 Å². The van der Waals surface area contributed by atoms with E-state index in [2.05, 4.69) is 20.4 Å². The number of benzene rings is 1. The number of carbonyl (C=O) groups is 1. The second-order valence-electron chi connectivity index (χ2n) is 9.03. The van der Waals surface area contributed by atoms with Crippen LogP contribution < -0.4 is 5.32 Å². The van der Waals surface area contributed by atoms with Crippen LogP contribution in [0.3, 0.4) is 0 Å². The van der Waals surface area contributed by atoms with Gasteiger partial charge in [-0.2, -0.15) is 0 Å². The highest BCUT2D eigenvalue weighted by molar-refractivity contribution is 5.68. The Balaban J connectivity index is 1.62. The molecule has 1 aliphatic heterocycles. The predicted octanol–water partition coefficient (Wildman–Crippen LogP) is 3.06. The van der Waals surface area contributed by atoms with Crippen LogP contribution in [0.4, 0.5) is 10.5 Å². The maximum Gasteiger partial charge on any atom is 0.408 e. The first kappa shape index (κ1) is 23.6. The van der Waals surface area contributed by atoms with E-state index in [9.17, 15) is 20.0 Å². The normalized spacial score (nSPS) is 17.5. The van der Waals surface area contributed by atoms with Gasteiger partial charge in [-0.1, -0.05) is 0 Å². The average Bonchev–Trinajstić information content (AvgIpc) is 3.22. The van der Waals surface area contributed by atoms with Crippen molar-refractivity contribution in [3.05, 3.63) is 40.3 Å². The van der Waals surface area contributed by atoms with Gasteiger partial charge >= 0.3 is 6.09 Å². The molecule has 1 aromatic heterocycles. The van der Waals surface area contributed by atoms with Gasteiger partial charge in [0.1, 0.15) is 5.60 Å². The maximum absolute atomic E-state index is 12.2. The van der Waals surface area contributed by atoms with E-state index in [1.54, 1.807) is 32.9 Å². The molecule has 11 nitrogen and oxygen atoms in total. The van der Waals surface area contributed by atoms with E-state index in [0.717, 1.165) is 0 Å². The Labute approximate surface area is 185 Å². The van der Waals surface area contributed by atoms with Crippen LogP contribution in [0.2, 0.25) is 0 Å². The number of amides is 1. The third-order valence-corrected chi connectivity index (χ3v) is 5.49. The minimum absolute atomic E-state index is 0.0115. The summed E-state index contributed by atoms with van der Waals surface area (Å²) in [5, 5.41) is 31.8. The molecule has 2 aromatic rings. The van der Waals surface area contributed by atoms with Crippen molar-refractivity contribution in [1.29, 1.82) is 0 Å². The predicted molar refractivity (Wildman–Crippen MR) is 115 cm³/mol. The van der Waals surface area contributed by atoms with Crippen molar-refractivity contribution in [1.82, 2.24) is 20.4 Å². The topological polar surface area (TPSA) is 144 Å². The molecule has 2 heterocycles. The summed E-state index contributed by atoms with van der Waals surface area (Å²) in [5.74, 6) is 0.713. The number of hydrogen-bond donors (Lipinski definition) is 2. The lowest BCUT2D eigenvalue weighted by Crippen LogP contribution is -2.58. The van der Waals surface area contributed by atoms with Gasteiger partial charge in [0.2, 0.25) is 11.8 Å². The molecule has 0 saturated carbocycles. The number of likely N-dealkylation sites (tertiary alicyclic amines) is 1. The van der Waals surface area contributed by atoms with Crippen molar-refractivity contribution in [2.75, 3.05) is 19.7 Å². The summed E-state index contributed by atoms with van der Waals surface area (Å²) in [7, 11) is 0. The van der Waals surface area contributed by atoms with Gasteiger partial charge in [-0.25, -0.2) is 4.79 Å². The van der Waals surface area contributed by atoms with Gasteiger partial charge in [0, 0.05) is 30.8 Å². The summed E-state index contributed by atoms with van der Waals surface area (Å²) < 4.78 is 11.1. The lowest BCUT2D eigenvalue weighted by molar-refractivity contribution is -0.384. The van der Waals surface area contributed by atoms with Crippen LogP contribution in [-0.4, -0.2) is 62.1 Å². The fourth-order valence-electron chi connectivity index (χ4n) is 3.58. The van der Waals surface area contributed by atoms with E-state index < -0.39 is 22.2 Å². The van der Waals surface area contributed by atoms with Crippen LogP contribution in [0.1, 0.15) is 52.5 Å². The first-order valence-corrected chi connectivity index (χ1v) is 10.5. The van der Waals surface area contributed by atoms with Crippen molar-refractivity contribution in [3.8, 4) is 11.5 Å². The monoisotopic (exact) mass is 447 g/mol. The highest BCUT2D eigenvalue weighted by Gasteiger charge is 2.38. The number of aliphatic hydroxyl groups is 1. The molecule has 3 rings (SSSR count). The number of rotatable bonds is 6. The number of alkyl carbamates (subject to hydrolysis) is 1. The molecule has 1 aromatic carbocycles. The Morgan fingerprint density at radius 1 is 1.31 bits per heavy atom. The zero-order valence-corrected chi connectivity index (χ0v) is 18.7. The van der Waals surface area contributed by atoms with Crippen molar-refractivity contribution in [2.24, 2.45) is 0 Å². The van der Waals surface area contributed by atoms with Crippen LogP contribution in [0.5, 0.6) is 0 Å². The number of nitro benzene ring substituents is 1. The average molecular weight is 447 g/mol. The number of nitro groups is 1. The lowest BCUT2D eigenvalue weighted by Gasteiger charge is -2.42. The highest BCUT2D eigenvalue weighted by atomic mass is 16.6. The van der Waals surface area contributed by atoms with Crippen molar-refractivity contribution < 1.29 is 24.0 Å². The van der Waals surface area contributed by atoms with E-state index in [1.165, 1.54) is 12.1 Å². The summed E-state index contributed by atoms with van der Waals surface area (Å²) in [6, 6.07) is 5.74. The Morgan fingerprint density at radius 2 is 1.94 bits per heavy atom.